The number of hydrogen-bond acceptors (Lipinski definition) is 3. The zero-order chi connectivity index (χ0) is 14.7. The molecule has 0 bridgehead atoms. The van der Waals surface area contributed by atoms with E-state index in [-0.39, 0.29) is 17.3 Å². The number of halogens is 1. The standard InChI is InChI=1S/C14H22FNO2S/c1-4-19(17,18)9-5-8-14(3,16)12-7-6-11(2)13(15)10-12/h6-7,10H,4-5,8-9,16H2,1-3H3. The van der Waals surface area contributed by atoms with Crippen LogP contribution in [-0.4, -0.2) is 19.9 Å². The Balaban J connectivity index is 2.73. The lowest BCUT2D eigenvalue weighted by Crippen LogP contribution is -2.33. The SMILES string of the molecule is CCS(=O)(=O)CCCC(C)(N)c1ccc(C)c(F)c1. The molecule has 0 fully saturated rings. The molecule has 1 aromatic rings. The Labute approximate surface area is 114 Å². The highest BCUT2D eigenvalue weighted by molar-refractivity contribution is 7.91. The summed E-state index contributed by atoms with van der Waals surface area (Å²) in [7, 11) is -2.97. The van der Waals surface area contributed by atoms with Crippen molar-refractivity contribution in [1.29, 1.82) is 0 Å². The third kappa shape index (κ3) is 4.58. The Morgan fingerprint density at radius 1 is 1.37 bits per heavy atom. The normalized spacial score (nSPS) is 15.2. The zero-order valence-electron chi connectivity index (χ0n) is 11.7. The maximum Gasteiger partial charge on any atom is 0.150 e. The van der Waals surface area contributed by atoms with E-state index in [4.69, 9.17) is 5.73 Å². The lowest BCUT2D eigenvalue weighted by atomic mass is 9.88. The van der Waals surface area contributed by atoms with Crippen molar-refractivity contribution in [3.63, 3.8) is 0 Å². The van der Waals surface area contributed by atoms with Gasteiger partial charge in [-0.3, -0.25) is 0 Å². The second-order valence-electron chi connectivity index (χ2n) is 5.22. The Morgan fingerprint density at radius 3 is 2.53 bits per heavy atom. The molecule has 0 spiro atoms. The molecule has 0 amide bonds. The van der Waals surface area contributed by atoms with Crippen LogP contribution in [0.3, 0.4) is 0 Å². The Hall–Kier alpha value is -0.940. The van der Waals surface area contributed by atoms with Crippen molar-refractivity contribution in [2.75, 3.05) is 11.5 Å². The van der Waals surface area contributed by atoms with Gasteiger partial charge in [0, 0.05) is 11.3 Å². The summed E-state index contributed by atoms with van der Waals surface area (Å²) in [5.74, 6) is -0.00621. The molecule has 0 saturated carbocycles. The van der Waals surface area contributed by atoms with Gasteiger partial charge in [0.15, 0.2) is 0 Å². The van der Waals surface area contributed by atoms with Crippen molar-refractivity contribution in [2.45, 2.75) is 39.2 Å². The number of benzene rings is 1. The fourth-order valence-electron chi connectivity index (χ4n) is 1.90. The average molecular weight is 287 g/mol. The molecule has 108 valence electrons. The van der Waals surface area contributed by atoms with Gasteiger partial charge >= 0.3 is 0 Å². The van der Waals surface area contributed by atoms with Crippen molar-refractivity contribution < 1.29 is 12.8 Å². The van der Waals surface area contributed by atoms with Crippen molar-refractivity contribution in [2.24, 2.45) is 5.73 Å². The van der Waals surface area contributed by atoms with Gasteiger partial charge in [-0.05, 0) is 43.9 Å². The van der Waals surface area contributed by atoms with Gasteiger partial charge in [0.1, 0.15) is 15.7 Å². The summed E-state index contributed by atoms with van der Waals surface area (Å²) in [6.07, 6.45) is 0.993. The molecule has 0 aromatic heterocycles. The topological polar surface area (TPSA) is 60.2 Å². The van der Waals surface area contributed by atoms with Crippen molar-refractivity contribution in [3.05, 3.63) is 35.1 Å². The highest BCUT2D eigenvalue weighted by Crippen LogP contribution is 2.25. The molecule has 1 unspecified atom stereocenters. The van der Waals surface area contributed by atoms with Crippen LogP contribution in [0.15, 0.2) is 18.2 Å². The van der Waals surface area contributed by atoms with E-state index in [9.17, 15) is 12.8 Å². The molecular weight excluding hydrogens is 265 g/mol. The van der Waals surface area contributed by atoms with Gasteiger partial charge in [0.25, 0.3) is 0 Å². The van der Waals surface area contributed by atoms with Gasteiger partial charge in [-0.25, -0.2) is 12.8 Å². The van der Waals surface area contributed by atoms with Crippen LogP contribution in [0.1, 0.15) is 37.8 Å². The Morgan fingerprint density at radius 2 is 2.00 bits per heavy atom. The van der Waals surface area contributed by atoms with Gasteiger partial charge in [-0.1, -0.05) is 19.1 Å². The van der Waals surface area contributed by atoms with Gasteiger partial charge in [0.05, 0.1) is 5.75 Å². The average Bonchev–Trinajstić information content (AvgIpc) is 2.32. The number of rotatable bonds is 6. The van der Waals surface area contributed by atoms with E-state index < -0.39 is 15.4 Å². The van der Waals surface area contributed by atoms with Crippen LogP contribution in [0.2, 0.25) is 0 Å². The second-order valence-corrected chi connectivity index (χ2v) is 7.69. The minimum absolute atomic E-state index is 0.130. The first kappa shape index (κ1) is 16.1. The van der Waals surface area contributed by atoms with Gasteiger partial charge in [-0.15, -0.1) is 0 Å². The molecule has 0 aliphatic carbocycles. The molecule has 0 aliphatic rings. The summed E-state index contributed by atoms with van der Waals surface area (Å²) in [6, 6.07) is 4.93. The van der Waals surface area contributed by atoms with E-state index in [2.05, 4.69) is 0 Å². The number of sulfone groups is 1. The quantitative estimate of drug-likeness (QED) is 0.874. The first-order valence-electron chi connectivity index (χ1n) is 6.44. The number of aryl methyl sites for hydroxylation is 1. The second kappa shape index (κ2) is 6.01. The molecule has 1 aromatic carbocycles. The van der Waals surface area contributed by atoms with E-state index in [1.165, 1.54) is 6.07 Å². The highest BCUT2D eigenvalue weighted by Gasteiger charge is 2.22. The van der Waals surface area contributed by atoms with Crippen molar-refractivity contribution in [3.8, 4) is 0 Å². The van der Waals surface area contributed by atoms with Crippen LogP contribution in [0.5, 0.6) is 0 Å². The van der Waals surface area contributed by atoms with Gasteiger partial charge in [0.2, 0.25) is 0 Å². The molecule has 0 saturated heterocycles. The molecule has 1 rings (SSSR count). The first-order chi connectivity index (χ1) is 8.68. The smallest absolute Gasteiger partial charge is 0.150 e. The summed E-state index contributed by atoms with van der Waals surface area (Å²) in [5.41, 5.74) is 6.73. The van der Waals surface area contributed by atoms with Crippen LogP contribution >= 0.6 is 0 Å². The Kier molecular flexibility index (Phi) is 5.10. The molecule has 0 heterocycles. The largest absolute Gasteiger partial charge is 0.322 e. The molecule has 5 heteroatoms. The highest BCUT2D eigenvalue weighted by atomic mass is 32.2. The molecule has 0 aliphatic heterocycles. The van der Waals surface area contributed by atoms with Crippen molar-refractivity contribution >= 4 is 9.84 Å². The lowest BCUT2D eigenvalue weighted by molar-refractivity contribution is 0.442. The van der Waals surface area contributed by atoms with Crippen LogP contribution < -0.4 is 5.73 Å². The summed E-state index contributed by atoms with van der Waals surface area (Å²) in [4.78, 5) is 0. The molecular formula is C14H22FNO2S. The third-order valence-corrected chi connectivity index (χ3v) is 5.21. The number of hydrogen-bond donors (Lipinski definition) is 1. The van der Waals surface area contributed by atoms with Crippen LogP contribution in [0.4, 0.5) is 4.39 Å². The van der Waals surface area contributed by atoms with Crippen LogP contribution in [-0.2, 0) is 15.4 Å². The summed E-state index contributed by atoms with van der Waals surface area (Å²) in [5, 5.41) is 0. The van der Waals surface area contributed by atoms with E-state index in [1.54, 1.807) is 32.9 Å². The molecule has 19 heavy (non-hydrogen) atoms. The monoisotopic (exact) mass is 287 g/mol. The first-order valence-corrected chi connectivity index (χ1v) is 8.26. The van der Waals surface area contributed by atoms with E-state index in [0.29, 0.717) is 24.0 Å². The summed E-state index contributed by atoms with van der Waals surface area (Å²) in [6.45, 7) is 5.13. The summed E-state index contributed by atoms with van der Waals surface area (Å²) < 4.78 is 36.4. The zero-order valence-corrected chi connectivity index (χ0v) is 12.6. The predicted molar refractivity (Wildman–Crippen MR) is 76.2 cm³/mol. The molecule has 0 radical (unpaired) electrons. The minimum Gasteiger partial charge on any atom is -0.322 e. The van der Waals surface area contributed by atoms with Crippen LogP contribution in [0.25, 0.3) is 0 Å². The van der Waals surface area contributed by atoms with E-state index in [0.717, 1.165) is 0 Å². The van der Waals surface area contributed by atoms with Gasteiger partial charge < -0.3 is 5.73 Å². The van der Waals surface area contributed by atoms with Crippen LogP contribution in [0, 0.1) is 12.7 Å². The fourth-order valence-corrected chi connectivity index (χ4v) is 2.77. The minimum atomic E-state index is -2.97. The predicted octanol–water partition coefficient (Wildman–Crippen LogP) is 2.52. The molecule has 1 atom stereocenters. The Bertz CT molecular complexity index is 538. The molecule has 3 nitrogen and oxygen atoms in total. The maximum absolute atomic E-state index is 13.5. The summed E-state index contributed by atoms with van der Waals surface area (Å²) >= 11 is 0. The molecule has 2 N–H and O–H groups in total. The van der Waals surface area contributed by atoms with Crippen molar-refractivity contribution in [1.82, 2.24) is 0 Å². The third-order valence-electron chi connectivity index (χ3n) is 3.42. The lowest BCUT2D eigenvalue weighted by Gasteiger charge is -2.25. The van der Waals surface area contributed by atoms with E-state index in [1.807, 2.05) is 0 Å². The van der Waals surface area contributed by atoms with E-state index >= 15 is 0 Å². The number of nitrogens with two attached hydrogens (primary N) is 1. The fraction of sp³-hybridized carbons (Fsp3) is 0.571. The maximum atomic E-state index is 13.5. The van der Waals surface area contributed by atoms with Gasteiger partial charge in [-0.2, -0.15) is 0 Å².